The largest absolute Gasteiger partial charge is 0.311 e. The molecule has 0 bridgehead atoms. The van der Waals surface area contributed by atoms with Crippen molar-refractivity contribution < 1.29 is 0 Å². The average molecular weight is 233 g/mol. The van der Waals surface area contributed by atoms with Crippen molar-refractivity contribution in [3.63, 3.8) is 0 Å². The van der Waals surface area contributed by atoms with Gasteiger partial charge in [-0.3, -0.25) is 4.68 Å². The summed E-state index contributed by atoms with van der Waals surface area (Å²) in [6.45, 7) is 1.20. The van der Waals surface area contributed by atoms with Crippen LogP contribution in [-0.4, -0.2) is 21.9 Å². The van der Waals surface area contributed by atoms with Crippen molar-refractivity contribution in [2.75, 3.05) is 6.54 Å². The first kappa shape index (κ1) is 11.3. The maximum Gasteiger partial charge on any atom is 0.0642 e. The highest BCUT2D eigenvalue weighted by Gasteiger charge is 2.45. The minimum atomic E-state index is 0.366. The number of nitrogens with zero attached hydrogens (tertiary/aromatic N) is 2. The lowest BCUT2D eigenvalue weighted by Crippen LogP contribution is -2.48. The Morgan fingerprint density at radius 2 is 2.29 bits per heavy atom. The van der Waals surface area contributed by atoms with Crippen LogP contribution in [0.1, 0.15) is 44.2 Å². The molecule has 1 saturated carbocycles. The Bertz CT molecular complexity index is 371. The molecular formula is C14H23N3. The molecule has 1 aromatic heterocycles. The predicted octanol–water partition coefficient (Wildman–Crippen LogP) is 2.27. The van der Waals surface area contributed by atoms with Gasteiger partial charge >= 0.3 is 0 Å². The van der Waals surface area contributed by atoms with Crippen LogP contribution in [0, 0.1) is 5.92 Å². The van der Waals surface area contributed by atoms with Crippen LogP contribution in [0.15, 0.2) is 12.3 Å². The first-order valence-corrected chi connectivity index (χ1v) is 7.02. The van der Waals surface area contributed by atoms with Gasteiger partial charge < -0.3 is 5.32 Å². The van der Waals surface area contributed by atoms with E-state index in [1.807, 2.05) is 11.7 Å². The van der Waals surface area contributed by atoms with Gasteiger partial charge in [-0.25, -0.2) is 0 Å². The molecule has 1 saturated heterocycles. The summed E-state index contributed by atoms with van der Waals surface area (Å²) in [7, 11) is 2.01. The van der Waals surface area contributed by atoms with Crippen LogP contribution in [0.5, 0.6) is 0 Å². The summed E-state index contributed by atoms with van der Waals surface area (Å²) in [5.41, 5.74) is 1.62. The van der Waals surface area contributed by atoms with Gasteiger partial charge in [0.25, 0.3) is 0 Å². The van der Waals surface area contributed by atoms with E-state index in [2.05, 4.69) is 22.7 Å². The number of hydrogen-bond donors (Lipinski definition) is 1. The SMILES string of the molecule is Cn1ccc(CC2(C3CC3)CCCCCN2)n1. The van der Waals surface area contributed by atoms with Crippen molar-refractivity contribution in [2.24, 2.45) is 13.0 Å². The topological polar surface area (TPSA) is 29.9 Å². The number of nitrogens with one attached hydrogen (secondary N) is 1. The van der Waals surface area contributed by atoms with E-state index in [9.17, 15) is 0 Å². The zero-order valence-electron chi connectivity index (χ0n) is 10.8. The summed E-state index contributed by atoms with van der Waals surface area (Å²) >= 11 is 0. The fourth-order valence-electron chi connectivity index (χ4n) is 3.33. The number of aryl methyl sites for hydroxylation is 1. The van der Waals surface area contributed by atoms with E-state index in [1.165, 1.54) is 50.8 Å². The molecule has 1 aromatic rings. The summed E-state index contributed by atoms with van der Waals surface area (Å²) in [5, 5.41) is 8.43. The van der Waals surface area contributed by atoms with Gasteiger partial charge in [-0.2, -0.15) is 5.10 Å². The van der Waals surface area contributed by atoms with Crippen LogP contribution >= 0.6 is 0 Å². The smallest absolute Gasteiger partial charge is 0.0642 e. The summed E-state index contributed by atoms with van der Waals surface area (Å²) in [5.74, 6) is 0.905. The van der Waals surface area contributed by atoms with E-state index < -0.39 is 0 Å². The summed E-state index contributed by atoms with van der Waals surface area (Å²) in [6, 6.07) is 2.18. The molecule has 1 aliphatic carbocycles. The molecule has 1 aliphatic heterocycles. The Balaban J connectivity index is 1.78. The lowest BCUT2D eigenvalue weighted by atomic mass is 9.83. The van der Waals surface area contributed by atoms with Gasteiger partial charge in [0.1, 0.15) is 0 Å². The van der Waals surface area contributed by atoms with Crippen molar-refractivity contribution in [3.05, 3.63) is 18.0 Å². The number of aromatic nitrogens is 2. The quantitative estimate of drug-likeness (QED) is 0.868. The first-order valence-electron chi connectivity index (χ1n) is 7.02. The molecular weight excluding hydrogens is 210 g/mol. The van der Waals surface area contributed by atoms with Crippen LogP contribution in [0.2, 0.25) is 0 Å². The van der Waals surface area contributed by atoms with E-state index in [4.69, 9.17) is 0 Å². The molecule has 3 rings (SSSR count). The maximum absolute atomic E-state index is 4.57. The lowest BCUT2D eigenvalue weighted by molar-refractivity contribution is 0.268. The fourth-order valence-corrected chi connectivity index (χ4v) is 3.33. The van der Waals surface area contributed by atoms with Crippen LogP contribution in [0.25, 0.3) is 0 Å². The van der Waals surface area contributed by atoms with E-state index in [1.54, 1.807) is 0 Å². The van der Waals surface area contributed by atoms with Gasteiger partial charge in [0, 0.05) is 25.2 Å². The van der Waals surface area contributed by atoms with Crippen molar-refractivity contribution in [1.29, 1.82) is 0 Å². The van der Waals surface area contributed by atoms with Crippen LogP contribution in [0.4, 0.5) is 0 Å². The van der Waals surface area contributed by atoms with Gasteiger partial charge in [-0.05, 0) is 44.2 Å². The van der Waals surface area contributed by atoms with Crippen molar-refractivity contribution in [3.8, 4) is 0 Å². The van der Waals surface area contributed by atoms with Gasteiger partial charge in [0.15, 0.2) is 0 Å². The van der Waals surface area contributed by atoms with E-state index in [0.29, 0.717) is 5.54 Å². The minimum absolute atomic E-state index is 0.366. The summed E-state index contributed by atoms with van der Waals surface area (Å²) < 4.78 is 1.92. The Kier molecular flexibility index (Phi) is 2.95. The van der Waals surface area contributed by atoms with Crippen molar-refractivity contribution in [1.82, 2.24) is 15.1 Å². The molecule has 0 radical (unpaired) electrons. The zero-order valence-corrected chi connectivity index (χ0v) is 10.8. The molecule has 2 fully saturated rings. The molecule has 3 nitrogen and oxygen atoms in total. The molecule has 1 unspecified atom stereocenters. The van der Waals surface area contributed by atoms with Gasteiger partial charge in [0.2, 0.25) is 0 Å². The highest BCUT2D eigenvalue weighted by atomic mass is 15.2. The zero-order chi connectivity index (χ0) is 11.7. The Labute approximate surface area is 104 Å². The van der Waals surface area contributed by atoms with Crippen LogP contribution < -0.4 is 5.32 Å². The average Bonchev–Trinajstić information content (AvgIpc) is 3.09. The normalized spacial score (nSPS) is 30.2. The van der Waals surface area contributed by atoms with E-state index >= 15 is 0 Å². The van der Waals surface area contributed by atoms with Crippen molar-refractivity contribution >= 4 is 0 Å². The van der Waals surface area contributed by atoms with Crippen LogP contribution in [0.3, 0.4) is 0 Å². The Morgan fingerprint density at radius 1 is 1.41 bits per heavy atom. The molecule has 0 amide bonds. The molecule has 2 aliphatic rings. The summed E-state index contributed by atoms with van der Waals surface area (Å²) in [4.78, 5) is 0. The lowest BCUT2D eigenvalue weighted by Gasteiger charge is -2.33. The minimum Gasteiger partial charge on any atom is -0.311 e. The monoisotopic (exact) mass is 233 g/mol. The molecule has 94 valence electrons. The number of hydrogen-bond acceptors (Lipinski definition) is 2. The molecule has 1 atom stereocenters. The van der Waals surface area contributed by atoms with Crippen molar-refractivity contribution in [2.45, 2.75) is 50.5 Å². The molecule has 1 N–H and O–H groups in total. The van der Waals surface area contributed by atoms with E-state index in [0.717, 1.165) is 12.3 Å². The number of rotatable bonds is 3. The standard InChI is InChI=1S/C14H23N3/c1-17-10-7-13(16-17)11-14(12-5-6-12)8-3-2-4-9-15-14/h7,10,12,15H,2-6,8-9,11H2,1H3. The third-order valence-corrected chi connectivity index (χ3v) is 4.40. The highest BCUT2D eigenvalue weighted by Crippen LogP contribution is 2.44. The second-order valence-electron chi connectivity index (χ2n) is 5.83. The highest BCUT2D eigenvalue weighted by molar-refractivity contribution is 5.11. The third-order valence-electron chi connectivity index (χ3n) is 4.40. The van der Waals surface area contributed by atoms with Gasteiger partial charge in [-0.1, -0.05) is 12.8 Å². The van der Waals surface area contributed by atoms with Crippen LogP contribution in [-0.2, 0) is 13.5 Å². The second kappa shape index (κ2) is 4.45. The van der Waals surface area contributed by atoms with E-state index in [-0.39, 0.29) is 0 Å². The first-order chi connectivity index (χ1) is 8.28. The predicted molar refractivity (Wildman–Crippen MR) is 68.8 cm³/mol. The Hall–Kier alpha value is -0.830. The molecule has 17 heavy (non-hydrogen) atoms. The maximum atomic E-state index is 4.57. The third kappa shape index (κ3) is 2.39. The molecule has 3 heteroatoms. The van der Waals surface area contributed by atoms with Gasteiger partial charge in [0.05, 0.1) is 5.69 Å². The summed E-state index contributed by atoms with van der Waals surface area (Å²) in [6.07, 6.45) is 11.5. The molecule has 0 aromatic carbocycles. The molecule has 2 heterocycles. The fraction of sp³-hybridized carbons (Fsp3) is 0.786. The molecule has 0 spiro atoms. The van der Waals surface area contributed by atoms with Gasteiger partial charge in [-0.15, -0.1) is 0 Å². The second-order valence-corrected chi connectivity index (χ2v) is 5.83. The Morgan fingerprint density at radius 3 is 3.00 bits per heavy atom.